The predicted octanol–water partition coefficient (Wildman–Crippen LogP) is 1.14. The smallest absolute Gasteiger partial charge is 0.203 e. The summed E-state index contributed by atoms with van der Waals surface area (Å²) in [5.41, 5.74) is -0.299. The second-order valence-corrected chi connectivity index (χ2v) is 4.02. The molecule has 1 fully saturated rings. The Bertz CT molecular complexity index is 409. The van der Waals surface area contributed by atoms with Crippen molar-refractivity contribution in [3.63, 3.8) is 0 Å². The molecule has 0 saturated heterocycles. The summed E-state index contributed by atoms with van der Waals surface area (Å²) in [4.78, 5) is 0. The predicted molar refractivity (Wildman–Crippen MR) is 52.2 cm³/mol. The zero-order chi connectivity index (χ0) is 10.5. The van der Waals surface area contributed by atoms with Crippen LogP contribution >= 0.6 is 0 Å². The number of rotatable bonds is 1. The zero-order valence-electron chi connectivity index (χ0n) is 8.19. The fraction of sp³-hybridized carbons (Fsp3) is 0.455. The van der Waals surface area contributed by atoms with Crippen molar-refractivity contribution in [1.82, 2.24) is 0 Å². The highest BCUT2D eigenvalue weighted by Crippen LogP contribution is 2.53. The van der Waals surface area contributed by atoms with E-state index in [9.17, 15) is 10.2 Å². The van der Waals surface area contributed by atoms with E-state index in [1.54, 1.807) is 12.1 Å². The summed E-state index contributed by atoms with van der Waals surface area (Å²) in [5.74, 6) is 0.929. The third kappa shape index (κ3) is 1.25. The van der Waals surface area contributed by atoms with Gasteiger partial charge < -0.3 is 19.7 Å². The third-order valence-corrected chi connectivity index (χ3v) is 2.91. The Morgan fingerprint density at radius 3 is 2.60 bits per heavy atom. The maximum Gasteiger partial charge on any atom is 0.203 e. The van der Waals surface area contributed by atoms with Crippen molar-refractivity contribution in [3.8, 4) is 17.2 Å². The molecule has 2 aliphatic rings. The molecule has 0 radical (unpaired) electrons. The normalized spacial score (nSPS) is 21.1. The highest BCUT2D eigenvalue weighted by atomic mass is 16.6. The molecule has 1 aromatic rings. The van der Waals surface area contributed by atoms with Gasteiger partial charge in [0.1, 0.15) is 13.2 Å². The van der Waals surface area contributed by atoms with Crippen molar-refractivity contribution < 1.29 is 19.7 Å². The molecule has 0 spiro atoms. The number of hydrogen-bond donors (Lipinski definition) is 2. The lowest BCUT2D eigenvalue weighted by atomic mass is 10.1. The molecule has 3 rings (SSSR count). The number of ether oxygens (including phenoxy) is 2. The van der Waals surface area contributed by atoms with E-state index in [0.29, 0.717) is 43.1 Å². The summed E-state index contributed by atoms with van der Waals surface area (Å²) in [6.45, 7) is 0.929. The fourth-order valence-corrected chi connectivity index (χ4v) is 1.86. The summed E-state index contributed by atoms with van der Waals surface area (Å²) < 4.78 is 10.7. The van der Waals surface area contributed by atoms with E-state index < -0.39 is 5.60 Å². The van der Waals surface area contributed by atoms with Gasteiger partial charge in [-0.05, 0) is 25.0 Å². The molecule has 0 atom stereocenters. The summed E-state index contributed by atoms with van der Waals surface area (Å²) in [7, 11) is 0. The largest absolute Gasteiger partial charge is 0.504 e. The van der Waals surface area contributed by atoms with Gasteiger partial charge in [-0.1, -0.05) is 0 Å². The van der Waals surface area contributed by atoms with Crippen LogP contribution in [0.1, 0.15) is 18.4 Å². The number of hydrogen-bond acceptors (Lipinski definition) is 4. The summed E-state index contributed by atoms with van der Waals surface area (Å²) in [5, 5.41) is 19.9. The van der Waals surface area contributed by atoms with Gasteiger partial charge in [-0.15, -0.1) is 0 Å². The molecule has 1 aromatic carbocycles. The van der Waals surface area contributed by atoms with Gasteiger partial charge >= 0.3 is 0 Å². The van der Waals surface area contributed by atoms with E-state index in [4.69, 9.17) is 9.47 Å². The first-order valence-electron chi connectivity index (χ1n) is 5.05. The lowest BCUT2D eigenvalue weighted by Crippen LogP contribution is -2.16. The average Bonchev–Trinajstić information content (AvgIpc) is 2.98. The van der Waals surface area contributed by atoms with Crippen LogP contribution in [0, 0.1) is 0 Å². The van der Waals surface area contributed by atoms with Crippen molar-refractivity contribution >= 4 is 0 Å². The molecule has 4 nitrogen and oxygen atoms in total. The molecule has 1 heterocycles. The van der Waals surface area contributed by atoms with Crippen molar-refractivity contribution in [3.05, 3.63) is 17.7 Å². The van der Waals surface area contributed by atoms with Crippen LogP contribution in [0.25, 0.3) is 0 Å². The lowest BCUT2D eigenvalue weighted by molar-refractivity contribution is 0.140. The third-order valence-electron chi connectivity index (χ3n) is 2.91. The van der Waals surface area contributed by atoms with Crippen LogP contribution in [0.5, 0.6) is 17.2 Å². The Kier molecular flexibility index (Phi) is 1.65. The SMILES string of the molecule is Oc1c(C2(O)CC2)ccc2c1OCCO2. The van der Waals surface area contributed by atoms with Crippen LogP contribution in [0.4, 0.5) is 0 Å². The van der Waals surface area contributed by atoms with E-state index in [2.05, 4.69) is 0 Å². The highest BCUT2D eigenvalue weighted by molar-refractivity contribution is 5.58. The first kappa shape index (κ1) is 8.85. The fourth-order valence-electron chi connectivity index (χ4n) is 1.86. The van der Waals surface area contributed by atoms with Crippen molar-refractivity contribution in [1.29, 1.82) is 0 Å². The molecule has 4 heteroatoms. The Labute approximate surface area is 87.1 Å². The number of benzene rings is 1. The minimum Gasteiger partial charge on any atom is -0.504 e. The van der Waals surface area contributed by atoms with Crippen LogP contribution in [0.15, 0.2) is 12.1 Å². The van der Waals surface area contributed by atoms with Crippen molar-refractivity contribution in [2.75, 3.05) is 13.2 Å². The number of phenolic OH excluding ortho intramolecular Hbond substituents is 1. The first-order chi connectivity index (χ1) is 7.21. The number of fused-ring (bicyclic) bond motifs is 1. The van der Waals surface area contributed by atoms with Gasteiger partial charge in [0.05, 0.1) is 5.60 Å². The number of phenols is 1. The molecule has 1 aliphatic carbocycles. The first-order valence-corrected chi connectivity index (χ1v) is 5.05. The maximum absolute atomic E-state index is 9.95. The van der Waals surface area contributed by atoms with Gasteiger partial charge in [-0.3, -0.25) is 0 Å². The Morgan fingerprint density at radius 1 is 1.13 bits per heavy atom. The zero-order valence-corrected chi connectivity index (χ0v) is 8.19. The van der Waals surface area contributed by atoms with E-state index in [-0.39, 0.29) is 5.75 Å². The molecule has 15 heavy (non-hydrogen) atoms. The molecule has 0 aromatic heterocycles. The number of aromatic hydroxyl groups is 1. The van der Waals surface area contributed by atoms with Crippen LogP contribution in [0.2, 0.25) is 0 Å². The molecule has 2 N–H and O–H groups in total. The van der Waals surface area contributed by atoms with Crippen molar-refractivity contribution in [2.24, 2.45) is 0 Å². The van der Waals surface area contributed by atoms with Crippen LogP contribution in [-0.2, 0) is 5.60 Å². The minimum atomic E-state index is -0.847. The maximum atomic E-state index is 9.95. The quantitative estimate of drug-likeness (QED) is 0.726. The standard InChI is InChI=1S/C11H12O4/c12-9-7(11(13)3-4-11)1-2-8-10(9)15-6-5-14-8/h1-2,12-13H,3-6H2. The summed E-state index contributed by atoms with van der Waals surface area (Å²) in [6, 6.07) is 3.44. The van der Waals surface area contributed by atoms with Crippen LogP contribution in [0.3, 0.4) is 0 Å². The van der Waals surface area contributed by atoms with E-state index in [1.807, 2.05) is 0 Å². The Morgan fingerprint density at radius 2 is 1.87 bits per heavy atom. The van der Waals surface area contributed by atoms with Crippen LogP contribution < -0.4 is 9.47 Å². The molecule has 1 saturated carbocycles. The molecule has 0 unspecified atom stereocenters. The second-order valence-electron chi connectivity index (χ2n) is 4.02. The monoisotopic (exact) mass is 208 g/mol. The highest BCUT2D eigenvalue weighted by Gasteiger charge is 2.45. The summed E-state index contributed by atoms with van der Waals surface area (Å²) in [6.07, 6.45) is 1.39. The van der Waals surface area contributed by atoms with Gasteiger partial charge in [-0.25, -0.2) is 0 Å². The lowest BCUT2D eigenvalue weighted by Gasteiger charge is -2.21. The molecule has 0 bridgehead atoms. The van der Waals surface area contributed by atoms with E-state index >= 15 is 0 Å². The topological polar surface area (TPSA) is 58.9 Å². The van der Waals surface area contributed by atoms with Gasteiger partial charge in [0.25, 0.3) is 0 Å². The molecular weight excluding hydrogens is 196 g/mol. The molecule has 80 valence electrons. The Balaban J connectivity index is 2.11. The van der Waals surface area contributed by atoms with Gasteiger partial charge in [0, 0.05) is 5.56 Å². The van der Waals surface area contributed by atoms with Crippen molar-refractivity contribution in [2.45, 2.75) is 18.4 Å². The van der Waals surface area contributed by atoms with Crippen LogP contribution in [-0.4, -0.2) is 23.4 Å². The number of aliphatic hydroxyl groups is 1. The van der Waals surface area contributed by atoms with E-state index in [1.165, 1.54) is 0 Å². The van der Waals surface area contributed by atoms with Gasteiger partial charge in [0.15, 0.2) is 11.5 Å². The summed E-state index contributed by atoms with van der Waals surface area (Å²) >= 11 is 0. The Hall–Kier alpha value is -1.42. The minimum absolute atomic E-state index is 0.0206. The van der Waals surface area contributed by atoms with Gasteiger partial charge in [-0.2, -0.15) is 0 Å². The van der Waals surface area contributed by atoms with E-state index in [0.717, 1.165) is 0 Å². The van der Waals surface area contributed by atoms with Gasteiger partial charge in [0.2, 0.25) is 5.75 Å². The molecule has 0 amide bonds. The average molecular weight is 208 g/mol. The molecule has 1 aliphatic heterocycles. The molecular formula is C11H12O4. The second kappa shape index (κ2) is 2.79.